The predicted octanol–water partition coefficient (Wildman–Crippen LogP) is 11.5. The van der Waals surface area contributed by atoms with Crippen LogP contribution in [-0.2, 0) is 17.1 Å². The van der Waals surface area contributed by atoms with Crippen LogP contribution in [0.25, 0.3) is 0 Å². The Balaban J connectivity index is 0.00000135. The molecular formula is C38H51FeN3. The number of hydrogen-bond acceptors (Lipinski definition) is 3. The van der Waals surface area contributed by atoms with Crippen LogP contribution in [0, 0.1) is 27.7 Å². The minimum atomic E-state index is 0. The summed E-state index contributed by atoms with van der Waals surface area (Å²) in [7, 11) is 0. The molecule has 1 heterocycles. The summed E-state index contributed by atoms with van der Waals surface area (Å²) in [5, 5.41) is 0. The molecule has 1 aromatic heterocycles. The SMILES string of the molecule is C=CC(=C)C.CCCCCC(=Nc1c(C)cccc1C)c1cccc(C(CCCCC)=Nc2c(C)cccc2C)n1.[Fe]. The van der Waals surface area contributed by atoms with Crippen LogP contribution in [0.15, 0.2) is 89.4 Å². The fraction of sp³-hybridized carbons (Fsp3) is 0.395. The van der Waals surface area contributed by atoms with Crippen molar-refractivity contribution in [3.05, 3.63) is 113 Å². The molecule has 0 fully saturated rings. The molecular weight excluding hydrogens is 554 g/mol. The Kier molecular flexibility index (Phi) is 17.5. The molecule has 3 rings (SSSR count). The molecule has 0 amide bonds. The number of para-hydroxylation sites is 2. The number of aryl methyl sites for hydroxylation is 4. The maximum atomic E-state index is 5.20. The first kappa shape index (κ1) is 37.0. The van der Waals surface area contributed by atoms with Gasteiger partial charge in [-0.15, -0.1) is 0 Å². The maximum Gasteiger partial charge on any atom is 0.0852 e. The third-order valence-corrected chi connectivity index (χ3v) is 7.10. The standard InChI is InChI=1S/C33H43N3.C5H8.Fe/c1-7-9-11-20-30(35-32-24(3)16-13-17-25(32)4)28-22-15-23-29(34-28)31(21-12-10-8-2)36-33-26(5)18-14-19-27(33)6;1-4-5(2)3;/h13-19,22-23H,7-12,20-21H2,1-6H3;4H,1-2H2,3H3;. The topological polar surface area (TPSA) is 37.6 Å². The van der Waals surface area contributed by atoms with E-state index in [-0.39, 0.29) is 17.1 Å². The summed E-state index contributed by atoms with van der Waals surface area (Å²) < 4.78 is 0. The van der Waals surface area contributed by atoms with Crippen molar-refractivity contribution in [3.8, 4) is 0 Å². The molecule has 226 valence electrons. The fourth-order valence-electron chi connectivity index (χ4n) is 4.56. The van der Waals surface area contributed by atoms with Crippen molar-refractivity contribution in [1.82, 2.24) is 4.98 Å². The number of nitrogens with zero attached hydrogens (tertiary/aromatic N) is 3. The first-order valence-corrected chi connectivity index (χ1v) is 15.2. The van der Waals surface area contributed by atoms with E-state index in [1.54, 1.807) is 6.08 Å². The average Bonchev–Trinajstić information content (AvgIpc) is 2.95. The first-order chi connectivity index (χ1) is 19.7. The van der Waals surface area contributed by atoms with Gasteiger partial charge in [-0.25, -0.2) is 4.98 Å². The smallest absolute Gasteiger partial charge is 0.0852 e. The van der Waals surface area contributed by atoms with E-state index in [0.717, 1.165) is 65.4 Å². The quantitative estimate of drug-likeness (QED) is 0.0826. The van der Waals surface area contributed by atoms with Crippen molar-refractivity contribution in [1.29, 1.82) is 0 Å². The molecule has 3 nitrogen and oxygen atoms in total. The zero-order valence-electron chi connectivity index (χ0n) is 27.0. The first-order valence-electron chi connectivity index (χ1n) is 15.2. The number of benzene rings is 2. The second kappa shape index (κ2) is 19.9. The Morgan fingerprint density at radius 3 is 1.31 bits per heavy atom. The van der Waals surface area contributed by atoms with Crippen LogP contribution < -0.4 is 0 Å². The van der Waals surface area contributed by atoms with Gasteiger partial charge in [-0.1, -0.05) is 107 Å². The number of rotatable bonds is 13. The summed E-state index contributed by atoms with van der Waals surface area (Å²) in [5.74, 6) is 0. The van der Waals surface area contributed by atoms with Gasteiger partial charge in [-0.05, 0) is 94.7 Å². The molecule has 0 bridgehead atoms. The molecule has 0 aliphatic carbocycles. The molecule has 42 heavy (non-hydrogen) atoms. The molecule has 0 N–H and O–H groups in total. The second-order valence-corrected chi connectivity index (χ2v) is 11.0. The number of pyridine rings is 1. The maximum absolute atomic E-state index is 5.20. The summed E-state index contributed by atoms with van der Waals surface area (Å²) in [5.41, 5.74) is 12.1. The van der Waals surface area contributed by atoms with E-state index in [4.69, 9.17) is 15.0 Å². The molecule has 0 aliphatic rings. The Hall–Kier alpha value is -3.07. The minimum Gasteiger partial charge on any atom is -0.251 e. The normalized spacial score (nSPS) is 11.3. The van der Waals surface area contributed by atoms with Gasteiger partial charge in [0.1, 0.15) is 0 Å². The number of hydrogen-bond donors (Lipinski definition) is 0. The summed E-state index contributed by atoms with van der Waals surface area (Å²) in [4.78, 5) is 15.6. The van der Waals surface area contributed by atoms with Gasteiger partial charge >= 0.3 is 0 Å². The fourth-order valence-corrected chi connectivity index (χ4v) is 4.56. The monoisotopic (exact) mass is 605 g/mol. The van der Waals surface area contributed by atoms with Crippen LogP contribution in [0.1, 0.15) is 106 Å². The van der Waals surface area contributed by atoms with Crippen LogP contribution in [0.2, 0.25) is 0 Å². The van der Waals surface area contributed by atoms with E-state index in [1.165, 1.54) is 47.9 Å². The minimum absolute atomic E-state index is 0. The zero-order valence-corrected chi connectivity index (χ0v) is 28.1. The number of aromatic nitrogens is 1. The molecule has 0 unspecified atom stereocenters. The van der Waals surface area contributed by atoms with Gasteiger partial charge in [-0.2, -0.15) is 0 Å². The van der Waals surface area contributed by atoms with Gasteiger partial charge < -0.3 is 0 Å². The second-order valence-electron chi connectivity index (χ2n) is 11.0. The molecule has 4 heteroatoms. The Bertz CT molecular complexity index is 1220. The van der Waals surface area contributed by atoms with Crippen molar-refractivity contribution in [2.75, 3.05) is 0 Å². The van der Waals surface area contributed by atoms with E-state index < -0.39 is 0 Å². The largest absolute Gasteiger partial charge is 0.251 e. The van der Waals surface area contributed by atoms with Crippen molar-refractivity contribution in [2.24, 2.45) is 9.98 Å². The molecule has 3 aromatic rings. The van der Waals surface area contributed by atoms with E-state index in [1.807, 2.05) is 6.92 Å². The number of allylic oxidation sites excluding steroid dienone is 2. The molecule has 0 radical (unpaired) electrons. The van der Waals surface area contributed by atoms with Crippen molar-refractivity contribution in [2.45, 2.75) is 99.8 Å². The van der Waals surface area contributed by atoms with Crippen LogP contribution in [-0.4, -0.2) is 16.4 Å². The van der Waals surface area contributed by atoms with Gasteiger partial charge in [0.25, 0.3) is 0 Å². The van der Waals surface area contributed by atoms with E-state index in [0.29, 0.717) is 0 Å². The van der Waals surface area contributed by atoms with Crippen LogP contribution in [0.4, 0.5) is 11.4 Å². The molecule has 0 atom stereocenters. The zero-order chi connectivity index (χ0) is 30.2. The van der Waals surface area contributed by atoms with Crippen LogP contribution in [0.5, 0.6) is 0 Å². The van der Waals surface area contributed by atoms with Gasteiger partial charge in [0.15, 0.2) is 0 Å². The summed E-state index contributed by atoms with van der Waals surface area (Å²) in [6, 6.07) is 19.1. The van der Waals surface area contributed by atoms with E-state index in [9.17, 15) is 0 Å². The molecule has 0 spiro atoms. The van der Waals surface area contributed by atoms with Crippen LogP contribution in [0.3, 0.4) is 0 Å². The summed E-state index contributed by atoms with van der Waals surface area (Å²) in [6.07, 6.45) is 10.6. The van der Waals surface area contributed by atoms with Gasteiger partial charge in [0.2, 0.25) is 0 Å². The van der Waals surface area contributed by atoms with Crippen molar-refractivity contribution in [3.63, 3.8) is 0 Å². The van der Waals surface area contributed by atoms with Crippen molar-refractivity contribution < 1.29 is 17.1 Å². The summed E-state index contributed by atoms with van der Waals surface area (Å²) in [6.45, 7) is 22.0. The summed E-state index contributed by atoms with van der Waals surface area (Å²) >= 11 is 0. The molecule has 0 saturated carbocycles. The molecule has 0 aliphatic heterocycles. The van der Waals surface area contributed by atoms with Gasteiger partial charge in [0.05, 0.1) is 34.2 Å². The van der Waals surface area contributed by atoms with E-state index in [2.05, 4.69) is 109 Å². The average molecular weight is 606 g/mol. The third-order valence-electron chi connectivity index (χ3n) is 7.10. The van der Waals surface area contributed by atoms with E-state index >= 15 is 0 Å². The van der Waals surface area contributed by atoms with Crippen LogP contribution >= 0.6 is 0 Å². The number of aliphatic imine (C=N–C) groups is 2. The predicted molar refractivity (Wildman–Crippen MR) is 182 cm³/mol. The van der Waals surface area contributed by atoms with Gasteiger partial charge in [-0.3, -0.25) is 9.98 Å². The third kappa shape index (κ3) is 12.0. The molecule has 0 saturated heterocycles. The van der Waals surface area contributed by atoms with Gasteiger partial charge in [0, 0.05) is 17.1 Å². The van der Waals surface area contributed by atoms with Crippen molar-refractivity contribution >= 4 is 22.8 Å². The Labute approximate surface area is 266 Å². The Morgan fingerprint density at radius 1 is 0.667 bits per heavy atom. The Morgan fingerprint density at radius 2 is 1.00 bits per heavy atom. The number of unbranched alkanes of at least 4 members (excludes halogenated alkanes) is 4. The molecule has 2 aromatic carbocycles.